The van der Waals surface area contributed by atoms with Crippen molar-refractivity contribution in [3.63, 3.8) is 0 Å². The number of fused-ring (bicyclic) bond motifs is 3. The standard InChI is InChI=1S/C10H8N4O/c15-10-8-6-11-4-5-14(8)9-7(13-10)2-1-3-12-9/h1-6,8H,(H,13,15). The van der Waals surface area contributed by atoms with Gasteiger partial charge in [0, 0.05) is 24.8 Å². The van der Waals surface area contributed by atoms with Crippen molar-refractivity contribution >= 4 is 23.6 Å². The Bertz CT molecular complexity index is 480. The molecule has 2 aliphatic rings. The van der Waals surface area contributed by atoms with Gasteiger partial charge in [-0.3, -0.25) is 9.79 Å². The van der Waals surface area contributed by atoms with Crippen molar-refractivity contribution in [1.29, 1.82) is 0 Å². The number of pyridine rings is 1. The smallest absolute Gasteiger partial charge is 0.253 e. The molecule has 1 atom stereocenters. The molecule has 5 heteroatoms. The molecule has 0 aromatic carbocycles. The first-order chi connectivity index (χ1) is 7.36. The largest absolute Gasteiger partial charge is 0.321 e. The average Bonchev–Trinajstić information content (AvgIpc) is 2.30. The summed E-state index contributed by atoms with van der Waals surface area (Å²) in [5.41, 5.74) is 0.735. The van der Waals surface area contributed by atoms with Gasteiger partial charge in [0.1, 0.15) is 6.04 Å². The summed E-state index contributed by atoms with van der Waals surface area (Å²) in [5.74, 6) is 0.674. The summed E-state index contributed by atoms with van der Waals surface area (Å²) >= 11 is 0. The predicted molar refractivity (Wildman–Crippen MR) is 56.8 cm³/mol. The maximum absolute atomic E-state index is 11.7. The molecule has 1 aromatic rings. The molecule has 0 saturated carbocycles. The van der Waals surface area contributed by atoms with Crippen molar-refractivity contribution in [3.05, 3.63) is 30.7 Å². The van der Waals surface area contributed by atoms with Crippen LogP contribution < -0.4 is 10.2 Å². The lowest BCUT2D eigenvalue weighted by Crippen LogP contribution is -2.47. The van der Waals surface area contributed by atoms with E-state index in [0.29, 0.717) is 0 Å². The molecule has 1 N–H and O–H groups in total. The quantitative estimate of drug-likeness (QED) is 0.672. The number of carbonyl (C=O) groups excluding carboxylic acids is 1. The summed E-state index contributed by atoms with van der Waals surface area (Å²) < 4.78 is 0. The van der Waals surface area contributed by atoms with Crippen molar-refractivity contribution in [2.24, 2.45) is 4.99 Å². The average molecular weight is 200 g/mol. The monoisotopic (exact) mass is 200 g/mol. The number of hydrogen-bond donors (Lipinski definition) is 1. The minimum Gasteiger partial charge on any atom is -0.321 e. The molecule has 0 bridgehead atoms. The number of nitrogens with one attached hydrogen (secondary N) is 1. The summed E-state index contributed by atoms with van der Waals surface area (Å²) in [5, 5.41) is 2.79. The highest BCUT2D eigenvalue weighted by Gasteiger charge is 2.32. The van der Waals surface area contributed by atoms with E-state index in [9.17, 15) is 4.79 Å². The molecule has 3 rings (SSSR count). The van der Waals surface area contributed by atoms with Gasteiger partial charge in [0.15, 0.2) is 5.82 Å². The van der Waals surface area contributed by atoms with Gasteiger partial charge in [-0.1, -0.05) is 0 Å². The Hall–Kier alpha value is -2.17. The van der Waals surface area contributed by atoms with E-state index < -0.39 is 0 Å². The van der Waals surface area contributed by atoms with Crippen LogP contribution in [0.5, 0.6) is 0 Å². The van der Waals surface area contributed by atoms with Gasteiger partial charge in [0.25, 0.3) is 5.91 Å². The Morgan fingerprint density at radius 1 is 1.47 bits per heavy atom. The van der Waals surface area contributed by atoms with Gasteiger partial charge < -0.3 is 10.2 Å². The number of rotatable bonds is 0. The van der Waals surface area contributed by atoms with Crippen LogP contribution in [0.3, 0.4) is 0 Å². The van der Waals surface area contributed by atoms with E-state index >= 15 is 0 Å². The molecule has 0 saturated heterocycles. The van der Waals surface area contributed by atoms with Crippen molar-refractivity contribution in [3.8, 4) is 0 Å². The Morgan fingerprint density at radius 2 is 2.40 bits per heavy atom. The molecule has 1 amide bonds. The Labute approximate surface area is 86.1 Å². The van der Waals surface area contributed by atoms with E-state index in [1.807, 2.05) is 6.07 Å². The lowest BCUT2D eigenvalue weighted by molar-refractivity contribution is -0.116. The third-order valence-corrected chi connectivity index (χ3v) is 2.40. The van der Waals surface area contributed by atoms with E-state index in [4.69, 9.17) is 0 Å². The van der Waals surface area contributed by atoms with E-state index in [0.717, 1.165) is 11.5 Å². The fourth-order valence-electron chi connectivity index (χ4n) is 1.71. The lowest BCUT2D eigenvalue weighted by Gasteiger charge is -2.33. The van der Waals surface area contributed by atoms with Crippen LogP contribution >= 0.6 is 0 Å². The maximum Gasteiger partial charge on any atom is 0.253 e. The van der Waals surface area contributed by atoms with Gasteiger partial charge in [-0.2, -0.15) is 0 Å². The third-order valence-electron chi connectivity index (χ3n) is 2.40. The number of nitrogens with zero attached hydrogens (tertiary/aromatic N) is 3. The Balaban J connectivity index is 2.15. The number of aromatic nitrogens is 1. The van der Waals surface area contributed by atoms with Gasteiger partial charge >= 0.3 is 0 Å². The highest BCUT2D eigenvalue weighted by Crippen LogP contribution is 2.29. The van der Waals surface area contributed by atoms with Crippen molar-refractivity contribution in [2.45, 2.75) is 6.04 Å². The second-order valence-electron chi connectivity index (χ2n) is 3.31. The fraction of sp³-hybridized carbons (Fsp3) is 0.100. The van der Waals surface area contributed by atoms with E-state index in [1.165, 1.54) is 0 Å². The van der Waals surface area contributed by atoms with Crippen LogP contribution in [0.2, 0.25) is 0 Å². The molecular formula is C10H8N4O. The van der Waals surface area contributed by atoms with Gasteiger partial charge in [-0.25, -0.2) is 4.98 Å². The summed E-state index contributed by atoms with van der Waals surface area (Å²) in [7, 11) is 0. The Morgan fingerprint density at radius 3 is 3.33 bits per heavy atom. The second kappa shape index (κ2) is 2.91. The minimum absolute atomic E-state index is 0.0800. The van der Waals surface area contributed by atoms with Crippen LogP contribution in [0.15, 0.2) is 35.7 Å². The summed E-state index contributed by atoms with van der Waals surface area (Å²) in [6.45, 7) is 0. The van der Waals surface area contributed by atoms with Gasteiger partial charge in [-0.05, 0) is 12.1 Å². The van der Waals surface area contributed by atoms with Gasteiger partial charge in [0.2, 0.25) is 0 Å². The van der Waals surface area contributed by atoms with E-state index in [2.05, 4.69) is 15.3 Å². The van der Waals surface area contributed by atoms with Crippen LogP contribution in [0.4, 0.5) is 11.5 Å². The first-order valence-electron chi connectivity index (χ1n) is 4.60. The highest BCUT2D eigenvalue weighted by atomic mass is 16.2. The first-order valence-corrected chi connectivity index (χ1v) is 4.60. The zero-order valence-corrected chi connectivity index (χ0v) is 7.79. The summed E-state index contributed by atoms with van der Waals surface area (Å²) in [6, 6.07) is 3.24. The van der Waals surface area contributed by atoms with Crippen molar-refractivity contribution < 1.29 is 4.79 Å². The summed E-state index contributed by atoms with van der Waals surface area (Å²) in [6.07, 6.45) is 6.71. The number of amides is 1. The van der Waals surface area contributed by atoms with E-state index in [1.54, 1.807) is 35.8 Å². The predicted octanol–water partition coefficient (Wildman–Crippen LogP) is 0.764. The molecule has 0 fully saturated rings. The number of hydrogen-bond acceptors (Lipinski definition) is 4. The zero-order chi connectivity index (χ0) is 10.3. The van der Waals surface area contributed by atoms with Crippen LogP contribution in [-0.2, 0) is 4.79 Å². The molecule has 2 aliphatic heterocycles. The number of aliphatic imine (C=N–C) groups is 1. The van der Waals surface area contributed by atoms with Crippen LogP contribution in [-0.4, -0.2) is 23.1 Å². The van der Waals surface area contributed by atoms with Crippen molar-refractivity contribution in [2.75, 3.05) is 10.2 Å². The summed E-state index contributed by atoms with van der Waals surface area (Å²) in [4.78, 5) is 21.7. The molecule has 0 aliphatic carbocycles. The highest BCUT2D eigenvalue weighted by molar-refractivity contribution is 6.12. The first kappa shape index (κ1) is 8.16. The normalized spacial score (nSPS) is 22.0. The molecular weight excluding hydrogens is 192 g/mol. The molecule has 1 unspecified atom stereocenters. The SMILES string of the molecule is O=C1Nc2cccnc2N2C=CN=CC12. The molecule has 0 radical (unpaired) electrons. The molecule has 5 nitrogen and oxygen atoms in total. The van der Waals surface area contributed by atoms with Crippen LogP contribution in [0, 0.1) is 0 Å². The molecule has 3 heterocycles. The lowest BCUT2D eigenvalue weighted by atomic mass is 10.1. The molecule has 1 aromatic heterocycles. The second-order valence-corrected chi connectivity index (χ2v) is 3.31. The topological polar surface area (TPSA) is 57.6 Å². The van der Waals surface area contributed by atoms with Gasteiger partial charge in [0.05, 0.1) is 5.69 Å². The minimum atomic E-state index is -0.377. The van der Waals surface area contributed by atoms with Crippen LogP contribution in [0.1, 0.15) is 0 Å². The van der Waals surface area contributed by atoms with Crippen LogP contribution in [0.25, 0.3) is 0 Å². The fourth-order valence-corrected chi connectivity index (χ4v) is 1.71. The molecule has 15 heavy (non-hydrogen) atoms. The van der Waals surface area contributed by atoms with Gasteiger partial charge in [-0.15, -0.1) is 0 Å². The van der Waals surface area contributed by atoms with E-state index in [-0.39, 0.29) is 11.9 Å². The molecule has 74 valence electrons. The molecule has 0 spiro atoms. The van der Waals surface area contributed by atoms with Crippen molar-refractivity contribution in [1.82, 2.24) is 4.98 Å². The third kappa shape index (κ3) is 1.13. The Kier molecular flexibility index (Phi) is 1.58. The zero-order valence-electron chi connectivity index (χ0n) is 7.79. The number of carbonyl (C=O) groups is 1. The maximum atomic E-state index is 11.7. The number of anilines is 2.